The van der Waals surface area contributed by atoms with Gasteiger partial charge in [0.25, 0.3) is 17.4 Å². The molecule has 5 aromatic rings. The van der Waals surface area contributed by atoms with Gasteiger partial charge in [0.2, 0.25) is 23.7 Å². The molecule has 12 atom stereocenters. The Morgan fingerprint density at radius 1 is 0.841 bits per heavy atom. The number of nitrogens with two attached hydrogens (primary N) is 1. The highest BCUT2D eigenvalue weighted by molar-refractivity contribution is 8.44. The number of aromatic nitrogens is 8. The summed E-state index contributed by atoms with van der Waals surface area (Å²) < 4.78 is 56.8. The number of imide groups is 1. The monoisotopic (exact) mass is 1220 g/mol. The van der Waals surface area contributed by atoms with Gasteiger partial charge < -0.3 is 55.5 Å². The molecule has 10 N–H and O–H groups in total. The molecule has 4 aliphatic heterocycles. The van der Waals surface area contributed by atoms with E-state index >= 15 is 0 Å². The maximum atomic E-state index is 14.0. The Labute approximate surface area is 474 Å². The number of unbranched alkanes of at least 4 members (excludes halogenated alkanes) is 2. The number of hydrogen-bond donors (Lipinski definition) is 10. The van der Waals surface area contributed by atoms with Crippen LogP contribution in [0.3, 0.4) is 0 Å². The Balaban J connectivity index is 0.772. The summed E-state index contributed by atoms with van der Waals surface area (Å²) in [4.78, 5) is 124. The molecule has 0 saturated carbocycles. The highest BCUT2D eigenvalue weighted by atomic mass is 32.7. The number of aromatic amines is 1. The van der Waals surface area contributed by atoms with Crippen LogP contribution in [0.15, 0.2) is 60.2 Å². The van der Waals surface area contributed by atoms with E-state index in [-0.39, 0.29) is 77.3 Å². The molecule has 440 valence electrons. The topological polar surface area (TPSA) is 429 Å². The van der Waals surface area contributed by atoms with E-state index in [1.807, 2.05) is 0 Å². The Kier molecular flexibility index (Phi) is 18.3. The number of nitrogens with zero attached hydrogens (tertiary/aromatic N) is 8. The fourth-order valence-electron chi connectivity index (χ4n) is 9.12. The molecule has 0 aliphatic carbocycles. The van der Waals surface area contributed by atoms with Crippen LogP contribution in [0.2, 0.25) is 0 Å². The molecule has 0 radical (unpaired) electrons. The number of aliphatic hydroxyl groups is 2. The molecule has 5 unspecified atom stereocenters. The summed E-state index contributed by atoms with van der Waals surface area (Å²) >= 11 is 9.45. The highest BCUT2D eigenvalue weighted by Gasteiger charge is 2.53. The molecule has 6 amide bonds. The van der Waals surface area contributed by atoms with Crippen molar-refractivity contribution in [1.29, 1.82) is 0 Å². The molecular weight excluding hydrogens is 1160 g/mol. The molecule has 3 saturated heterocycles. The van der Waals surface area contributed by atoms with Gasteiger partial charge in [0.15, 0.2) is 40.6 Å². The zero-order valence-corrected chi connectivity index (χ0v) is 47.1. The lowest BCUT2D eigenvalue weighted by Gasteiger charge is -2.27. The number of ether oxygens (including phenoxy) is 3. The van der Waals surface area contributed by atoms with E-state index in [1.54, 1.807) is 38.1 Å². The predicted octanol–water partition coefficient (Wildman–Crippen LogP) is 0.948. The minimum absolute atomic E-state index is 0.00495. The van der Waals surface area contributed by atoms with Gasteiger partial charge in [-0.25, -0.2) is 29.3 Å². The number of nitrogen functional groups attached to an aromatic ring is 1. The fourth-order valence-corrected chi connectivity index (χ4v) is 12.0. The van der Waals surface area contributed by atoms with Crippen molar-refractivity contribution in [1.82, 2.24) is 54.6 Å². The van der Waals surface area contributed by atoms with Crippen molar-refractivity contribution in [2.45, 2.75) is 114 Å². The lowest BCUT2D eigenvalue weighted by molar-refractivity contribution is -0.137. The third-order valence-electron chi connectivity index (χ3n) is 13.3. The molecule has 32 nitrogen and oxygen atoms in total. The predicted molar refractivity (Wildman–Crippen MR) is 290 cm³/mol. The number of imidazole rings is 2. The first-order valence-corrected chi connectivity index (χ1v) is 30.6. The Hall–Kier alpha value is -6.65. The maximum absolute atomic E-state index is 14.0. The summed E-state index contributed by atoms with van der Waals surface area (Å²) in [6.07, 6.45) is -5.36. The second-order valence-electron chi connectivity index (χ2n) is 19.5. The fraction of sp³-hybridized carbons (Fsp3) is 0.478. The van der Waals surface area contributed by atoms with Crippen LogP contribution in [-0.2, 0) is 79.3 Å². The number of H-pyrrole nitrogens is 1. The minimum atomic E-state index is -4.54. The van der Waals surface area contributed by atoms with E-state index in [2.05, 4.69) is 63.4 Å². The lowest BCUT2D eigenvalue weighted by atomic mass is 10.0. The van der Waals surface area contributed by atoms with Crippen LogP contribution in [-0.4, -0.2) is 163 Å². The number of amides is 6. The molecular formula is C46H56N14O18P2S2. The van der Waals surface area contributed by atoms with Crippen LogP contribution in [0.4, 0.5) is 22.2 Å². The van der Waals surface area contributed by atoms with Gasteiger partial charge in [-0.05, 0) is 55.2 Å². The molecule has 2 bridgehead atoms. The smallest absolute Gasteiger partial charge is 0.413 e. The van der Waals surface area contributed by atoms with Crippen LogP contribution in [0.25, 0.3) is 22.3 Å². The normalized spacial score (nSPS) is 27.3. The zero-order valence-electron chi connectivity index (χ0n) is 43.6. The number of carbonyl (C=O) groups excluding carboxylic acids is 6. The van der Waals surface area contributed by atoms with Gasteiger partial charge in [0.05, 0.1) is 25.9 Å². The SMILES string of the molecule is CC(C)[C@H](NC(=O)CCCCCN1C(=O)C=CC1=O)C(=O)N[C@@H](C)C(=O)Nc1ccc(COC(=O)Nc2ncnc3c2ncn3[C@@H]2O[C@@H]3COP(O)(=S)OC4C(O)[C@H](n5cnc6c(=O)[nH]c(N)nc65)O[C@@H]4COP(=O)(S)OC2[C@H]3O)cc1. The first kappa shape index (κ1) is 60.0. The molecule has 8 heterocycles. The van der Waals surface area contributed by atoms with E-state index in [9.17, 15) is 53.2 Å². The van der Waals surface area contributed by atoms with Gasteiger partial charge in [-0.3, -0.25) is 66.7 Å². The van der Waals surface area contributed by atoms with Crippen molar-refractivity contribution < 1.29 is 80.7 Å². The molecule has 3 fully saturated rings. The van der Waals surface area contributed by atoms with E-state index in [4.69, 9.17) is 49.8 Å². The Morgan fingerprint density at radius 2 is 1.52 bits per heavy atom. The molecule has 9 rings (SSSR count). The summed E-state index contributed by atoms with van der Waals surface area (Å²) in [5, 5.41) is 33.6. The highest BCUT2D eigenvalue weighted by Crippen LogP contribution is 2.58. The van der Waals surface area contributed by atoms with Crippen molar-refractivity contribution in [3.05, 3.63) is 71.3 Å². The number of carbonyl (C=O) groups is 6. The van der Waals surface area contributed by atoms with Crippen molar-refractivity contribution in [3.8, 4) is 0 Å². The van der Waals surface area contributed by atoms with Gasteiger partial charge >= 0.3 is 19.6 Å². The molecule has 1 aromatic carbocycles. The van der Waals surface area contributed by atoms with E-state index in [1.165, 1.54) is 34.5 Å². The Morgan fingerprint density at radius 3 is 2.24 bits per heavy atom. The largest absolute Gasteiger partial charge is 0.444 e. The van der Waals surface area contributed by atoms with Crippen molar-refractivity contribution in [3.63, 3.8) is 0 Å². The third-order valence-corrected chi connectivity index (χ3v) is 16.5. The Bertz CT molecular complexity index is 3440. The molecule has 36 heteroatoms. The standard InChI is InChI=1S/C46H56N14O18P2S2/c1-21(2)30(54-27(61)7-5-4-6-14-58-28(62)12-13-29(58)63)41(67)52-22(3)40(66)53-24-10-8-23(9-11-24)15-72-46(69)55-37-31-38(49-18-48-37)59(19-50-31)44-36-33(64)25(75-44)16-73-79(70,81)77-35-26(17-74-80(71,82)78-36)76-43(34(35)65)60-20-51-32-39(60)56-45(47)57-42(32)68/h8-13,18-22,25-26,30,33-36,43-44,64-65H,4-7,14-17H2,1-3H3,(H,52,67)(H,53,66)(H,54,61)(H,70,81)(H,71,82)(H3,47,56,57,68)(H,48,49,55,69)/t22-,25+,26+,30-,33-,34?,35?,36?,43+,44+,79?,80?/m0/s1. The number of nitrogens with one attached hydrogen (secondary N) is 5. The third kappa shape index (κ3) is 13.7. The maximum Gasteiger partial charge on any atom is 0.413 e. The number of benzene rings is 1. The van der Waals surface area contributed by atoms with E-state index < -0.39 is 111 Å². The molecule has 82 heavy (non-hydrogen) atoms. The van der Waals surface area contributed by atoms with E-state index in [0.717, 1.165) is 17.6 Å². The minimum Gasteiger partial charge on any atom is -0.444 e. The lowest BCUT2D eigenvalue weighted by Crippen LogP contribution is -2.53. The average Bonchev–Trinajstić information content (AvgIpc) is 3.15. The summed E-state index contributed by atoms with van der Waals surface area (Å²) in [5.41, 5.74) is 5.76. The summed E-state index contributed by atoms with van der Waals surface area (Å²) in [7, 11) is 0. The number of thiol groups is 1. The number of anilines is 3. The molecule has 0 spiro atoms. The van der Waals surface area contributed by atoms with Crippen molar-refractivity contribution in [2.75, 3.05) is 36.1 Å². The number of fused-ring (bicyclic) bond motifs is 5. The molecule has 4 aliphatic rings. The van der Waals surface area contributed by atoms with Gasteiger partial charge in [-0.1, -0.05) is 44.6 Å². The first-order chi connectivity index (χ1) is 39.0. The summed E-state index contributed by atoms with van der Waals surface area (Å²) in [6.45, 7) is -5.21. The second-order valence-corrected chi connectivity index (χ2v) is 25.1. The first-order valence-electron chi connectivity index (χ1n) is 25.3. The van der Waals surface area contributed by atoms with Crippen LogP contribution in [0.1, 0.15) is 64.5 Å². The quantitative estimate of drug-likeness (QED) is 0.0268. The average molecular weight is 1220 g/mol. The summed E-state index contributed by atoms with van der Waals surface area (Å²) in [5.74, 6) is -2.88. The van der Waals surface area contributed by atoms with Crippen LogP contribution in [0.5, 0.6) is 0 Å². The van der Waals surface area contributed by atoms with Crippen LogP contribution in [0, 0.1) is 5.92 Å². The number of hydrogen-bond acceptors (Lipinski definition) is 24. The van der Waals surface area contributed by atoms with Gasteiger partial charge in [-0.2, -0.15) is 4.98 Å². The van der Waals surface area contributed by atoms with Gasteiger partial charge in [-0.15, -0.1) is 0 Å². The molecule has 4 aromatic heterocycles. The van der Waals surface area contributed by atoms with Gasteiger partial charge in [0, 0.05) is 30.8 Å². The second kappa shape index (κ2) is 25.1. The number of aliphatic hydroxyl groups excluding tert-OH is 2. The van der Waals surface area contributed by atoms with Crippen LogP contribution < -0.4 is 32.6 Å². The number of rotatable bonds is 17. The summed E-state index contributed by atoms with van der Waals surface area (Å²) in [6, 6.07) is 4.36. The van der Waals surface area contributed by atoms with E-state index in [0.29, 0.717) is 30.5 Å². The van der Waals surface area contributed by atoms with Crippen LogP contribution >= 0.6 is 25.8 Å². The zero-order chi connectivity index (χ0) is 58.8. The van der Waals surface area contributed by atoms with Crippen molar-refractivity contribution in [2.24, 2.45) is 5.92 Å². The van der Waals surface area contributed by atoms with Crippen molar-refractivity contribution >= 4 is 113 Å². The van der Waals surface area contributed by atoms with Gasteiger partial charge in [0.1, 0.15) is 61.6 Å².